The van der Waals surface area contributed by atoms with E-state index in [2.05, 4.69) is 15.8 Å². The molecule has 0 radical (unpaired) electrons. The average Bonchev–Trinajstić information content (AvgIpc) is 3.43. The number of amides is 3. The zero-order chi connectivity index (χ0) is 27.2. The van der Waals surface area contributed by atoms with Crippen LogP contribution in [0.1, 0.15) is 81.2 Å². The van der Waals surface area contributed by atoms with E-state index < -0.39 is 36.0 Å². The Bertz CT molecular complexity index is 1110. The molecular formula is C27H36N4O6. The van der Waals surface area contributed by atoms with Gasteiger partial charge in [-0.3, -0.25) is 14.4 Å². The Morgan fingerprint density at radius 3 is 2.51 bits per heavy atom. The molecule has 1 fully saturated rings. The van der Waals surface area contributed by atoms with Gasteiger partial charge in [0.05, 0.1) is 6.04 Å². The number of Topliss-reactive ketones (excluding diaryl/α,β-unsaturated/α-hetero) is 1. The number of unbranched alkanes of at least 4 members (excludes halogenated alkanes) is 1. The lowest BCUT2D eigenvalue weighted by atomic mass is 9.93. The maximum absolute atomic E-state index is 13.0. The summed E-state index contributed by atoms with van der Waals surface area (Å²) in [5.41, 5.74) is 0.686. The molecule has 200 valence electrons. The predicted octanol–water partition coefficient (Wildman–Crippen LogP) is 3.91. The lowest BCUT2D eigenvalue weighted by Crippen LogP contribution is -2.49. The van der Waals surface area contributed by atoms with Gasteiger partial charge in [-0.15, -0.1) is 0 Å². The number of carbonyl (C=O) groups is 4. The number of hydrogen-bond donors (Lipinski definition) is 2. The molecule has 1 aromatic carbocycles. The van der Waals surface area contributed by atoms with Gasteiger partial charge in [0.15, 0.2) is 11.9 Å². The SMILES string of the molecule is CCCC[C@@H](NC(=O)OC1CC(C)(C)CN1C(=O)c1cc(C)on1)C(=O)C(=O)NC(C)c1ccccc1. The molecule has 0 saturated carbocycles. The summed E-state index contributed by atoms with van der Waals surface area (Å²) in [6, 6.07) is 9.38. The summed E-state index contributed by atoms with van der Waals surface area (Å²) in [6.45, 7) is 9.71. The van der Waals surface area contributed by atoms with Gasteiger partial charge in [-0.2, -0.15) is 0 Å². The third-order valence-corrected chi connectivity index (χ3v) is 6.35. The smallest absolute Gasteiger partial charge is 0.409 e. The van der Waals surface area contributed by atoms with Gasteiger partial charge in [-0.05, 0) is 31.2 Å². The predicted molar refractivity (Wildman–Crippen MR) is 135 cm³/mol. The van der Waals surface area contributed by atoms with Crippen molar-refractivity contribution in [3.8, 4) is 0 Å². The van der Waals surface area contributed by atoms with Gasteiger partial charge < -0.3 is 24.8 Å². The van der Waals surface area contributed by atoms with Gasteiger partial charge in [0.25, 0.3) is 11.8 Å². The number of rotatable bonds is 10. The number of nitrogens with one attached hydrogen (secondary N) is 2. The molecule has 3 atom stereocenters. The summed E-state index contributed by atoms with van der Waals surface area (Å²) in [7, 11) is 0. The average molecular weight is 513 g/mol. The lowest BCUT2D eigenvalue weighted by Gasteiger charge is -2.25. The summed E-state index contributed by atoms with van der Waals surface area (Å²) < 4.78 is 10.6. The van der Waals surface area contributed by atoms with Crippen LogP contribution in [0.25, 0.3) is 0 Å². The van der Waals surface area contributed by atoms with E-state index in [9.17, 15) is 19.2 Å². The third-order valence-electron chi connectivity index (χ3n) is 6.35. The highest BCUT2D eigenvalue weighted by Gasteiger charge is 2.43. The van der Waals surface area contributed by atoms with Crippen molar-refractivity contribution in [3.05, 3.63) is 53.4 Å². The molecule has 2 N–H and O–H groups in total. The summed E-state index contributed by atoms with van der Waals surface area (Å²) in [5.74, 6) is -1.44. The molecule has 2 aromatic rings. The number of likely N-dealkylation sites (tertiary alicyclic amines) is 1. The van der Waals surface area contributed by atoms with Gasteiger partial charge in [-0.1, -0.05) is 69.1 Å². The largest absolute Gasteiger partial charge is 0.425 e. The highest BCUT2D eigenvalue weighted by Crippen LogP contribution is 2.35. The van der Waals surface area contributed by atoms with Crippen LogP contribution in [0.4, 0.5) is 4.79 Å². The summed E-state index contributed by atoms with van der Waals surface area (Å²) in [6.07, 6.45) is 0.382. The van der Waals surface area contributed by atoms with Crippen LogP contribution in [0.2, 0.25) is 0 Å². The molecule has 1 saturated heterocycles. The van der Waals surface area contributed by atoms with E-state index in [1.54, 1.807) is 13.8 Å². The quantitative estimate of drug-likeness (QED) is 0.462. The number of carbonyl (C=O) groups excluding carboxylic acids is 4. The molecule has 1 aliphatic heterocycles. The van der Waals surface area contributed by atoms with E-state index in [0.29, 0.717) is 25.1 Å². The number of benzene rings is 1. The molecule has 3 rings (SSSR count). The maximum Gasteiger partial charge on any atom is 0.409 e. The van der Waals surface area contributed by atoms with Crippen molar-refractivity contribution in [2.45, 2.75) is 78.6 Å². The van der Waals surface area contributed by atoms with E-state index in [1.165, 1.54) is 11.0 Å². The van der Waals surface area contributed by atoms with Gasteiger partial charge >= 0.3 is 6.09 Å². The minimum atomic E-state index is -1.05. The van der Waals surface area contributed by atoms with Crippen molar-refractivity contribution in [1.82, 2.24) is 20.7 Å². The number of ketones is 1. The first-order valence-electron chi connectivity index (χ1n) is 12.6. The van der Waals surface area contributed by atoms with Gasteiger partial charge in [-0.25, -0.2) is 4.79 Å². The fourth-order valence-corrected chi connectivity index (χ4v) is 4.36. The topological polar surface area (TPSA) is 131 Å². The highest BCUT2D eigenvalue weighted by atomic mass is 16.6. The zero-order valence-corrected chi connectivity index (χ0v) is 22.1. The monoisotopic (exact) mass is 512 g/mol. The normalized spacial score (nSPS) is 18.1. The summed E-state index contributed by atoms with van der Waals surface area (Å²) in [5, 5.41) is 9.04. The van der Waals surface area contributed by atoms with E-state index in [-0.39, 0.29) is 23.6 Å². The van der Waals surface area contributed by atoms with Crippen molar-refractivity contribution >= 4 is 23.7 Å². The second kappa shape index (κ2) is 12.0. The number of nitrogens with zero attached hydrogens (tertiary/aromatic N) is 2. The van der Waals surface area contributed by atoms with Crippen LogP contribution in [0.5, 0.6) is 0 Å². The molecule has 0 spiro atoms. The first kappa shape index (κ1) is 27.9. The van der Waals surface area contributed by atoms with Crippen LogP contribution < -0.4 is 10.6 Å². The molecule has 10 nitrogen and oxygen atoms in total. The third kappa shape index (κ3) is 7.41. The molecule has 0 bridgehead atoms. The van der Waals surface area contributed by atoms with Crippen LogP contribution in [0, 0.1) is 12.3 Å². The Labute approximate surface area is 217 Å². The number of aromatic nitrogens is 1. The highest BCUT2D eigenvalue weighted by molar-refractivity contribution is 6.38. The van der Waals surface area contributed by atoms with Gasteiger partial charge in [0, 0.05) is 19.0 Å². The van der Waals surface area contributed by atoms with Gasteiger partial charge in [0.2, 0.25) is 5.78 Å². The van der Waals surface area contributed by atoms with Crippen LogP contribution in [0.3, 0.4) is 0 Å². The summed E-state index contributed by atoms with van der Waals surface area (Å²) >= 11 is 0. The number of hydrogen-bond acceptors (Lipinski definition) is 7. The fraction of sp³-hybridized carbons (Fsp3) is 0.519. The molecular weight excluding hydrogens is 476 g/mol. The second-order valence-electron chi connectivity index (χ2n) is 10.3. The molecule has 10 heteroatoms. The first-order chi connectivity index (χ1) is 17.5. The van der Waals surface area contributed by atoms with E-state index in [4.69, 9.17) is 9.26 Å². The minimum Gasteiger partial charge on any atom is -0.425 e. The summed E-state index contributed by atoms with van der Waals surface area (Å²) in [4.78, 5) is 53.0. The number of ether oxygens (including phenoxy) is 1. The second-order valence-corrected chi connectivity index (χ2v) is 10.3. The Hall–Kier alpha value is -3.69. The van der Waals surface area contributed by atoms with Crippen molar-refractivity contribution in [2.75, 3.05) is 6.54 Å². The Morgan fingerprint density at radius 1 is 1.19 bits per heavy atom. The lowest BCUT2D eigenvalue weighted by molar-refractivity contribution is -0.139. The molecule has 2 heterocycles. The minimum absolute atomic E-state index is 0.129. The van der Waals surface area contributed by atoms with Crippen LogP contribution >= 0.6 is 0 Å². The fourth-order valence-electron chi connectivity index (χ4n) is 4.36. The standard InChI is InChI=1S/C27H36N4O6/c1-6-7-13-20(23(32)24(33)28-18(3)19-11-9-8-10-12-19)29-26(35)36-22-15-27(4,5)16-31(22)25(34)21-14-17(2)37-30-21/h8-12,14,18,20,22H,6-7,13,15-16H2,1-5H3,(H,28,33)(H,29,35)/t18?,20-,22?/m1/s1. The van der Waals surface area contributed by atoms with E-state index in [0.717, 1.165) is 12.0 Å². The Morgan fingerprint density at radius 2 is 1.89 bits per heavy atom. The van der Waals surface area contributed by atoms with E-state index in [1.807, 2.05) is 51.1 Å². The molecule has 1 aromatic heterocycles. The number of aryl methyl sites for hydroxylation is 1. The van der Waals surface area contributed by atoms with Crippen molar-refractivity contribution in [1.29, 1.82) is 0 Å². The van der Waals surface area contributed by atoms with Crippen LogP contribution in [0.15, 0.2) is 40.9 Å². The van der Waals surface area contributed by atoms with Crippen LogP contribution in [-0.4, -0.2) is 52.6 Å². The molecule has 2 unspecified atom stereocenters. The van der Waals surface area contributed by atoms with Crippen molar-refractivity contribution < 1.29 is 28.4 Å². The zero-order valence-electron chi connectivity index (χ0n) is 22.1. The van der Waals surface area contributed by atoms with Crippen LogP contribution in [-0.2, 0) is 14.3 Å². The van der Waals surface area contributed by atoms with E-state index >= 15 is 0 Å². The number of alkyl carbamates (subject to hydrolysis) is 1. The van der Waals surface area contributed by atoms with Crippen molar-refractivity contribution in [2.24, 2.45) is 5.41 Å². The molecule has 37 heavy (non-hydrogen) atoms. The molecule has 1 aliphatic rings. The van der Waals surface area contributed by atoms with Crippen molar-refractivity contribution in [3.63, 3.8) is 0 Å². The van der Waals surface area contributed by atoms with Gasteiger partial charge in [0.1, 0.15) is 11.8 Å². The molecule has 0 aliphatic carbocycles. The molecule has 3 amide bonds. The maximum atomic E-state index is 13.0. The Balaban J connectivity index is 1.66. The Kier molecular flexibility index (Phi) is 9.07. The first-order valence-corrected chi connectivity index (χ1v) is 12.6.